The first kappa shape index (κ1) is 16.7. The van der Waals surface area contributed by atoms with Crippen molar-refractivity contribution in [3.05, 3.63) is 29.8 Å². The van der Waals surface area contributed by atoms with E-state index in [1.807, 2.05) is 0 Å². The molecular weight excluding hydrogens is 260 g/mol. The molecule has 0 unspecified atom stereocenters. The summed E-state index contributed by atoms with van der Waals surface area (Å²) in [6, 6.07) is 9.38. The highest BCUT2D eigenvalue weighted by molar-refractivity contribution is 7.38. The highest BCUT2D eigenvalue weighted by atomic mass is 29.2. The lowest BCUT2D eigenvalue weighted by Crippen LogP contribution is -2.62. The van der Waals surface area contributed by atoms with Crippen LogP contribution < -0.4 is 5.19 Å². The Morgan fingerprint density at radius 1 is 0.842 bits per heavy atom. The summed E-state index contributed by atoms with van der Waals surface area (Å²) in [5.41, 5.74) is 1.37. The van der Waals surface area contributed by atoms with Crippen LogP contribution in [0.4, 0.5) is 0 Å². The number of hydrogen-bond acceptors (Lipinski definition) is 0. The van der Waals surface area contributed by atoms with Crippen molar-refractivity contribution in [2.24, 2.45) is 0 Å². The number of benzene rings is 1. The number of aryl methyl sites for hydroxylation is 1. The van der Waals surface area contributed by atoms with Gasteiger partial charge in [-0.3, -0.25) is 0 Å². The Labute approximate surface area is 123 Å². The van der Waals surface area contributed by atoms with E-state index >= 15 is 0 Å². The highest BCUT2D eigenvalue weighted by Gasteiger charge is 2.48. The summed E-state index contributed by atoms with van der Waals surface area (Å²) in [4.78, 5) is 0. The standard InChI is InChI=1S/C17H31Si2/c1-14-10-12-15(13-11-14)18(16(2,3)4)19(8,9)17(5,6)7/h10-13H,1-9H3. The maximum Gasteiger partial charge on any atom is 0.0833 e. The molecule has 107 valence electrons. The second kappa shape index (κ2) is 5.21. The second-order valence-electron chi connectivity index (χ2n) is 8.37. The Bertz CT molecular complexity index is 416. The van der Waals surface area contributed by atoms with Gasteiger partial charge in [0, 0.05) is 0 Å². The molecule has 1 aromatic rings. The molecule has 0 aliphatic heterocycles. The Kier molecular flexibility index (Phi) is 4.58. The fourth-order valence-corrected chi connectivity index (χ4v) is 18.1. The molecule has 0 amide bonds. The van der Waals surface area contributed by atoms with Gasteiger partial charge in [0.15, 0.2) is 0 Å². The van der Waals surface area contributed by atoms with Gasteiger partial charge in [-0.15, -0.1) is 0 Å². The molecule has 1 radical (unpaired) electrons. The molecule has 0 aliphatic rings. The molecular formula is C17H31Si2. The lowest BCUT2D eigenvalue weighted by Gasteiger charge is -2.48. The lowest BCUT2D eigenvalue weighted by molar-refractivity contribution is 0.715. The molecule has 0 bridgehead atoms. The van der Waals surface area contributed by atoms with E-state index in [9.17, 15) is 0 Å². The first-order chi connectivity index (χ1) is 8.37. The van der Waals surface area contributed by atoms with Crippen LogP contribution in [0.2, 0.25) is 23.2 Å². The Hall–Kier alpha value is -0.346. The van der Waals surface area contributed by atoms with E-state index in [1.165, 1.54) is 5.56 Å². The predicted molar refractivity (Wildman–Crippen MR) is 93.5 cm³/mol. The Morgan fingerprint density at radius 2 is 1.26 bits per heavy atom. The van der Waals surface area contributed by atoms with Gasteiger partial charge in [-0.25, -0.2) is 0 Å². The van der Waals surface area contributed by atoms with E-state index in [4.69, 9.17) is 0 Å². The summed E-state index contributed by atoms with van der Waals surface area (Å²) >= 11 is 0. The Balaban J connectivity index is 3.36. The molecule has 19 heavy (non-hydrogen) atoms. The zero-order valence-electron chi connectivity index (χ0n) is 14.3. The van der Waals surface area contributed by atoms with Gasteiger partial charge in [-0.1, -0.05) is 89.7 Å². The molecule has 0 atom stereocenters. The Morgan fingerprint density at radius 3 is 1.58 bits per heavy atom. The van der Waals surface area contributed by atoms with Crippen LogP contribution >= 0.6 is 0 Å². The molecule has 0 N–H and O–H groups in total. The molecule has 0 aromatic heterocycles. The SMILES string of the molecule is Cc1ccc([Si](C(C)(C)C)[Si](C)(C)C(C)(C)C)cc1. The minimum Gasteiger partial charge on any atom is -0.0708 e. The summed E-state index contributed by atoms with van der Waals surface area (Å²) in [6.45, 7) is 22.1. The van der Waals surface area contributed by atoms with E-state index < -0.39 is 15.9 Å². The van der Waals surface area contributed by atoms with Gasteiger partial charge >= 0.3 is 0 Å². The average molecular weight is 292 g/mol. The molecule has 1 aromatic carbocycles. The van der Waals surface area contributed by atoms with Crippen LogP contribution in [0.1, 0.15) is 47.1 Å². The minimum absolute atomic E-state index is 0.420. The molecule has 0 saturated heterocycles. The molecule has 1 rings (SSSR count). The maximum atomic E-state index is 2.60. The van der Waals surface area contributed by atoms with Crippen molar-refractivity contribution in [2.45, 2.75) is 71.6 Å². The smallest absolute Gasteiger partial charge is 0.0708 e. The van der Waals surface area contributed by atoms with Crippen LogP contribution in [0.15, 0.2) is 24.3 Å². The van der Waals surface area contributed by atoms with Crippen LogP contribution in [0, 0.1) is 6.92 Å². The van der Waals surface area contributed by atoms with E-state index in [-0.39, 0.29) is 0 Å². The fraction of sp³-hybridized carbons (Fsp3) is 0.647. The topological polar surface area (TPSA) is 0 Å². The molecule has 0 spiro atoms. The molecule has 0 aliphatic carbocycles. The van der Waals surface area contributed by atoms with Gasteiger partial charge in [-0.2, -0.15) is 0 Å². The van der Waals surface area contributed by atoms with Gasteiger partial charge in [0.2, 0.25) is 0 Å². The van der Waals surface area contributed by atoms with Crippen molar-refractivity contribution in [2.75, 3.05) is 0 Å². The number of rotatable bonds is 2. The zero-order chi connectivity index (χ0) is 15.1. The normalized spacial score (nSPS) is 14.0. The summed E-state index contributed by atoms with van der Waals surface area (Å²) in [5.74, 6) is 0. The largest absolute Gasteiger partial charge is 0.0833 e. The predicted octanol–water partition coefficient (Wildman–Crippen LogP) is 5.08. The minimum atomic E-state index is -1.33. The van der Waals surface area contributed by atoms with Gasteiger partial charge < -0.3 is 0 Å². The van der Waals surface area contributed by atoms with Crippen molar-refractivity contribution < 1.29 is 0 Å². The fourth-order valence-electron chi connectivity index (χ4n) is 2.83. The quantitative estimate of drug-likeness (QED) is 0.666. The van der Waals surface area contributed by atoms with E-state index in [0.717, 1.165) is 0 Å². The van der Waals surface area contributed by atoms with Gasteiger partial charge in [0.1, 0.15) is 0 Å². The highest BCUT2D eigenvalue weighted by Crippen LogP contribution is 2.44. The second-order valence-corrected chi connectivity index (χ2v) is 21.2. The van der Waals surface area contributed by atoms with Gasteiger partial charge in [0.25, 0.3) is 0 Å². The zero-order valence-corrected chi connectivity index (χ0v) is 16.3. The monoisotopic (exact) mass is 291 g/mol. The summed E-state index contributed by atoms with van der Waals surface area (Å²) in [6.07, 6.45) is 0. The van der Waals surface area contributed by atoms with Crippen LogP contribution in [-0.2, 0) is 0 Å². The summed E-state index contributed by atoms with van der Waals surface area (Å²) in [5, 5.41) is 2.51. The van der Waals surface area contributed by atoms with Crippen molar-refractivity contribution in [3.8, 4) is 0 Å². The first-order valence-electron chi connectivity index (χ1n) is 7.32. The maximum absolute atomic E-state index is 2.60. The molecule has 2 heteroatoms. The molecule has 0 nitrogen and oxygen atoms in total. The third-order valence-corrected chi connectivity index (χ3v) is 21.1. The van der Waals surface area contributed by atoms with Crippen LogP contribution in [-0.4, -0.2) is 15.9 Å². The third-order valence-electron chi connectivity index (χ3n) is 4.59. The van der Waals surface area contributed by atoms with Crippen molar-refractivity contribution in [3.63, 3.8) is 0 Å². The van der Waals surface area contributed by atoms with Crippen LogP contribution in [0.3, 0.4) is 0 Å². The van der Waals surface area contributed by atoms with Gasteiger partial charge in [-0.05, 0) is 17.0 Å². The van der Waals surface area contributed by atoms with Crippen molar-refractivity contribution >= 4 is 21.1 Å². The molecule has 0 heterocycles. The lowest BCUT2D eigenvalue weighted by atomic mass is 10.2. The molecule has 0 saturated carbocycles. The summed E-state index contributed by atoms with van der Waals surface area (Å²) < 4.78 is 0. The first-order valence-corrected chi connectivity index (χ1v) is 12.8. The van der Waals surface area contributed by atoms with Crippen LogP contribution in [0.5, 0.6) is 0 Å². The van der Waals surface area contributed by atoms with Gasteiger partial charge in [0.05, 0.1) is 15.9 Å². The van der Waals surface area contributed by atoms with Crippen molar-refractivity contribution in [1.29, 1.82) is 0 Å². The van der Waals surface area contributed by atoms with E-state index in [2.05, 4.69) is 85.8 Å². The van der Waals surface area contributed by atoms with Crippen LogP contribution in [0.25, 0.3) is 0 Å². The van der Waals surface area contributed by atoms with E-state index in [0.29, 0.717) is 10.1 Å². The molecule has 0 fully saturated rings. The summed E-state index contributed by atoms with van der Waals surface area (Å²) in [7, 11) is -1.88. The average Bonchev–Trinajstić information content (AvgIpc) is 2.17. The van der Waals surface area contributed by atoms with E-state index in [1.54, 1.807) is 5.19 Å². The third kappa shape index (κ3) is 3.60. The van der Waals surface area contributed by atoms with Crippen molar-refractivity contribution in [1.82, 2.24) is 0 Å². The number of hydrogen-bond donors (Lipinski definition) is 0.